The minimum atomic E-state index is -1.06. The molecule has 19 heteroatoms. The standard InChI is InChI=1S/C47H51N13O6/c1-28-4-2-7-36(52-28)44(63)54-31-22-33(23-31)59-27-51-41-42(49-26-50-43(41)59)53-30-8-10-32(11-9-30)57-20-18-56(19-21-57)25-29-14-16-58(17-15-29)39(62)24-48-35-6-3-5-34-40(35)47(66)60(46(34)65)37-12-13-38(61)55-45(37)64/h2-11,26-27,29,31,33,37,48H,12-25H2,1H3,(H,54,63)(H,49,50,53)(H,55,61,64)/t31?,33?,37-/m0/s1. The maximum atomic E-state index is 13.5. The molecule has 6 amide bonds. The van der Waals surface area contributed by atoms with Gasteiger partial charge >= 0.3 is 0 Å². The predicted octanol–water partition coefficient (Wildman–Crippen LogP) is 3.28. The molecular weight excluding hydrogens is 843 g/mol. The van der Waals surface area contributed by atoms with Gasteiger partial charge in [0.05, 0.1) is 24.0 Å². The van der Waals surface area contributed by atoms with E-state index in [1.54, 1.807) is 30.9 Å². The van der Waals surface area contributed by atoms with E-state index in [0.717, 1.165) is 86.0 Å². The smallest absolute Gasteiger partial charge is 0.270 e. The first-order chi connectivity index (χ1) is 32.1. The molecule has 4 N–H and O–H groups in total. The van der Waals surface area contributed by atoms with Crippen LogP contribution in [0.25, 0.3) is 11.2 Å². The second-order valence-electron chi connectivity index (χ2n) is 17.8. The van der Waals surface area contributed by atoms with Crippen molar-refractivity contribution >= 4 is 69.5 Å². The molecular formula is C47H51N13O6. The number of anilines is 4. The summed E-state index contributed by atoms with van der Waals surface area (Å²) in [6.07, 6.45) is 6.84. The van der Waals surface area contributed by atoms with Gasteiger partial charge in [-0.2, -0.15) is 0 Å². The molecule has 0 spiro atoms. The average Bonchev–Trinajstić information content (AvgIpc) is 3.85. The number of carbonyl (C=O) groups is 6. The van der Waals surface area contributed by atoms with Crippen molar-refractivity contribution in [3.05, 3.63) is 95.8 Å². The van der Waals surface area contributed by atoms with Crippen molar-refractivity contribution in [2.75, 3.05) is 67.9 Å². The van der Waals surface area contributed by atoms with E-state index in [-0.39, 0.29) is 54.4 Å². The number of aromatic nitrogens is 5. The molecule has 4 fully saturated rings. The summed E-state index contributed by atoms with van der Waals surface area (Å²) in [7, 11) is 0. The van der Waals surface area contributed by atoms with Crippen molar-refractivity contribution < 1.29 is 28.8 Å². The minimum absolute atomic E-state index is 0.0324. The van der Waals surface area contributed by atoms with Gasteiger partial charge in [0.1, 0.15) is 18.1 Å². The number of carbonyl (C=O) groups excluding carboxylic acids is 6. The van der Waals surface area contributed by atoms with Crippen molar-refractivity contribution in [1.82, 2.24) is 49.8 Å². The number of nitrogens with one attached hydrogen (secondary N) is 4. The number of piperidine rings is 2. The number of piperazine rings is 1. The molecule has 7 heterocycles. The van der Waals surface area contributed by atoms with E-state index in [4.69, 9.17) is 0 Å². The van der Waals surface area contributed by atoms with Crippen LogP contribution in [0.15, 0.2) is 73.3 Å². The number of hydrogen-bond acceptors (Lipinski definition) is 14. The third-order valence-electron chi connectivity index (χ3n) is 13.6. The highest BCUT2D eigenvalue weighted by Gasteiger charge is 2.46. The number of pyridine rings is 1. The van der Waals surface area contributed by atoms with E-state index in [0.29, 0.717) is 41.7 Å². The molecule has 1 saturated carbocycles. The number of hydrogen-bond donors (Lipinski definition) is 4. The first-order valence-corrected chi connectivity index (χ1v) is 22.7. The number of likely N-dealkylation sites (tertiary alicyclic amines) is 1. The van der Waals surface area contributed by atoms with Gasteiger partial charge in [0, 0.05) is 87.1 Å². The van der Waals surface area contributed by atoms with E-state index in [1.807, 2.05) is 24.0 Å². The largest absolute Gasteiger partial charge is 0.375 e. The highest BCUT2D eigenvalue weighted by molar-refractivity contribution is 6.25. The molecule has 2 aromatic carbocycles. The second-order valence-corrected chi connectivity index (χ2v) is 17.8. The summed E-state index contributed by atoms with van der Waals surface area (Å²) in [5.41, 5.74) is 5.41. The van der Waals surface area contributed by atoms with E-state index in [1.165, 1.54) is 6.07 Å². The topological polar surface area (TPSA) is 220 Å². The van der Waals surface area contributed by atoms with Crippen LogP contribution < -0.4 is 26.2 Å². The molecule has 0 unspecified atom stereocenters. The lowest BCUT2D eigenvalue weighted by molar-refractivity contribution is -0.136. The quantitative estimate of drug-likeness (QED) is 0.132. The van der Waals surface area contributed by atoms with Crippen LogP contribution in [0.1, 0.15) is 81.5 Å². The van der Waals surface area contributed by atoms with E-state index < -0.39 is 29.7 Å². The average molecular weight is 894 g/mol. The Labute approximate surface area is 380 Å². The van der Waals surface area contributed by atoms with Gasteiger partial charge in [-0.25, -0.2) is 19.9 Å². The number of amides is 6. The summed E-state index contributed by atoms with van der Waals surface area (Å²) >= 11 is 0. The number of fused-ring (bicyclic) bond motifs is 2. The van der Waals surface area contributed by atoms with Crippen molar-refractivity contribution in [2.24, 2.45) is 5.92 Å². The van der Waals surface area contributed by atoms with Crippen molar-refractivity contribution in [1.29, 1.82) is 0 Å². The highest BCUT2D eigenvalue weighted by atomic mass is 16.2. The lowest BCUT2D eigenvalue weighted by Gasteiger charge is -2.39. The van der Waals surface area contributed by atoms with E-state index in [2.05, 4.69) is 79.8 Å². The zero-order chi connectivity index (χ0) is 45.5. The third kappa shape index (κ3) is 8.53. The molecule has 0 radical (unpaired) electrons. The SMILES string of the molecule is Cc1cccc(C(=O)NC2CC(n3cnc4c(Nc5ccc(N6CCN(CC7CCN(C(=O)CNc8cccc9c8C(=O)N([C@H]8CCC(=O)NC8=O)C9=O)CC7)CC6)cc5)ncnc43)C2)n1. The Balaban J connectivity index is 0.657. The molecule has 0 bridgehead atoms. The number of benzene rings is 2. The third-order valence-corrected chi connectivity index (χ3v) is 13.6. The fourth-order valence-corrected chi connectivity index (χ4v) is 9.83. The number of imide groups is 2. The Morgan fingerprint density at radius 1 is 0.833 bits per heavy atom. The first kappa shape index (κ1) is 42.7. The number of rotatable bonds is 12. The minimum Gasteiger partial charge on any atom is -0.375 e. The highest BCUT2D eigenvalue weighted by Crippen LogP contribution is 2.36. The Morgan fingerprint density at radius 3 is 2.36 bits per heavy atom. The van der Waals surface area contributed by atoms with Gasteiger partial charge < -0.3 is 30.3 Å². The van der Waals surface area contributed by atoms with Gasteiger partial charge in [0.15, 0.2) is 17.0 Å². The molecule has 19 nitrogen and oxygen atoms in total. The molecule has 340 valence electrons. The molecule has 1 atom stereocenters. The molecule has 5 aliphatic rings. The number of imidazole rings is 1. The summed E-state index contributed by atoms with van der Waals surface area (Å²) in [5.74, 6) is -1.41. The predicted molar refractivity (Wildman–Crippen MR) is 243 cm³/mol. The van der Waals surface area contributed by atoms with Crippen LogP contribution in [-0.2, 0) is 14.4 Å². The fourth-order valence-electron chi connectivity index (χ4n) is 9.83. The van der Waals surface area contributed by atoms with Crippen molar-refractivity contribution in [3.63, 3.8) is 0 Å². The van der Waals surface area contributed by atoms with Crippen LogP contribution in [-0.4, -0.2) is 139 Å². The lowest BCUT2D eigenvalue weighted by Crippen LogP contribution is -2.54. The summed E-state index contributed by atoms with van der Waals surface area (Å²) in [6, 6.07) is 17.8. The zero-order valence-electron chi connectivity index (χ0n) is 36.6. The van der Waals surface area contributed by atoms with Gasteiger partial charge in [-0.3, -0.25) is 43.9 Å². The van der Waals surface area contributed by atoms with Crippen LogP contribution in [0.3, 0.4) is 0 Å². The van der Waals surface area contributed by atoms with Crippen LogP contribution in [0.4, 0.5) is 22.9 Å². The van der Waals surface area contributed by atoms with Gasteiger partial charge in [-0.05, 0) is 93.5 Å². The van der Waals surface area contributed by atoms with Crippen molar-refractivity contribution in [2.45, 2.75) is 63.6 Å². The van der Waals surface area contributed by atoms with Gasteiger partial charge in [-0.15, -0.1) is 0 Å². The zero-order valence-corrected chi connectivity index (χ0v) is 36.6. The summed E-state index contributed by atoms with van der Waals surface area (Å²) in [6.45, 7) is 7.85. The van der Waals surface area contributed by atoms with E-state index >= 15 is 0 Å². The summed E-state index contributed by atoms with van der Waals surface area (Å²) < 4.78 is 2.07. The Bertz CT molecular complexity index is 2720. The van der Waals surface area contributed by atoms with Crippen LogP contribution in [0.2, 0.25) is 0 Å². The Kier molecular flexibility index (Phi) is 11.6. The Hall–Kier alpha value is -7.28. The van der Waals surface area contributed by atoms with Gasteiger partial charge in [0.2, 0.25) is 17.7 Å². The monoisotopic (exact) mass is 893 g/mol. The van der Waals surface area contributed by atoms with Crippen LogP contribution >= 0.6 is 0 Å². The van der Waals surface area contributed by atoms with E-state index in [9.17, 15) is 28.8 Å². The van der Waals surface area contributed by atoms with Gasteiger partial charge in [-0.1, -0.05) is 12.1 Å². The molecule has 5 aromatic rings. The lowest BCUT2D eigenvalue weighted by atomic mass is 9.86. The van der Waals surface area contributed by atoms with Crippen molar-refractivity contribution in [3.8, 4) is 0 Å². The fraction of sp³-hybridized carbons (Fsp3) is 0.404. The van der Waals surface area contributed by atoms with Crippen LogP contribution in [0.5, 0.6) is 0 Å². The number of aryl methyl sites for hydroxylation is 1. The molecule has 3 saturated heterocycles. The molecule has 1 aliphatic carbocycles. The molecule has 10 rings (SSSR count). The van der Waals surface area contributed by atoms with Crippen LogP contribution in [0, 0.1) is 12.8 Å². The summed E-state index contributed by atoms with van der Waals surface area (Å²) in [5, 5.41) is 11.8. The molecule has 66 heavy (non-hydrogen) atoms. The number of nitrogens with zero attached hydrogens (tertiary/aromatic N) is 9. The maximum Gasteiger partial charge on any atom is 0.270 e. The first-order valence-electron chi connectivity index (χ1n) is 22.7. The van der Waals surface area contributed by atoms with Gasteiger partial charge in [0.25, 0.3) is 17.7 Å². The second kappa shape index (κ2) is 17.9. The summed E-state index contributed by atoms with van der Waals surface area (Å²) in [4.78, 5) is 103. The normalized spacial score (nSPS) is 21.4. The molecule has 4 aliphatic heterocycles. The Morgan fingerprint density at radius 2 is 1.61 bits per heavy atom. The maximum absolute atomic E-state index is 13.5. The molecule has 3 aromatic heterocycles.